The molecule has 0 aromatic heterocycles. The second kappa shape index (κ2) is 4.13. The van der Waals surface area contributed by atoms with Crippen LogP contribution in [0.25, 0.3) is 0 Å². The molecule has 0 rings (SSSR count). The molecule has 0 fully saturated rings. The summed E-state index contributed by atoms with van der Waals surface area (Å²) in [6.07, 6.45) is 2.04. The van der Waals surface area contributed by atoms with Crippen molar-refractivity contribution in [2.45, 2.75) is 20.8 Å². The minimum Gasteiger partial charge on any atom is -0.371 e. The van der Waals surface area contributed by atoms with Gasteiger partial charge in [-0.15, -0.1) is 0 Å². The highest BCUT2D eigenvalue weighted by atomic mass is 14.9. The molecule has 0 atom stereocenters. The zero-order valence-corrected chi connectivity index (χ0v) is 6.28. The zero-order chi connectivity index (χ0) is 7.28. The van der Waals surface area contributed by atoms with Crippen molar-refractivity contribution in [2.24, 2.45) is 0 Å². The van der Waals surface area contributed by atoms with E-state index >= 15 is 0 Å². The molecule has 0 bridgehead atoms. The molecular weight excluding hydrogens is 112 g/mol. The first kappa shape index (κ1) is 8.21. The van der Waals surface area contributed by atoms with Crippen LogP contribution in [-0.2, 0) is 0 Å². The molecule has 0 radical (unpaired) electrons. The van der Waals surface area contributed by atoms with Gasteiger partial charge in [0, 0.05) is 6.54 Å². The van der Waals surface area contributed by atoms with E-state index in [1.807, 2.05) is 19.9 Å². The second-order valence-corrected chi connectivity index (χ2v) is 2.11. The van der Waals surface area contributed by atoms with Crippen molar-refractivity contribution in [3.63, 3.8) is 0 Å². The Bertz CT molecular complexity index is 125. The van der Waals surface area contributed by atoms with Crippen molar-refractivity contribution in [2.75, 3.05) is 6.54 Å². The fourth-order valence-corrected chi connectivity index (χ4v) is 0.374. The summed E-state index contributed by atoms with van der Waals surface area (Å²) >= 11 is 0. The third-order valence-corrected chi connectivity index (χ3v) is 1.13. The van der Waals surface area contributed by atoms with Gasteiger partial charge in [-0.25, -0.2) is 0 Å². The summed E-state index contributed by atoms with van der Waals surface area (Å²) < 4.78 is 0. The molecule has 2 heteroatoms. The van der Waals surface area contributed by atoms with E-state index in [2.05, 4.69) is 5.32 Å². The molecular formula is C7H14N2. The van der Waals surface area contributed by atoms with Gasteiger partial charge in [0.25, 0.3) is 0 Å². The number of amidine groups is 1. The lowest BCUT2D eigenvalue weighted by Crippen LogP contribution is -2.20. The Morgan fingerprint density at radius 3 is 2.44 bits per heavy atom. The van der Waals surface area contributed by atoms with Crippen molar-refractivity contribution in [1.29, 1.82) is 5.41 Å². The first-order chi connectivity index (χ1) is 4.16. The largest absolute Gasteiger partial charge is 0.371 e. The standard InChI is InChI=1S/C7H14N2/c1-4-6(2)5-9-7(3)8/h4H,5H2,1-3H3,(H2,8,9)/b6-4-. The molecule has 0 aliphatic carbocycles. The minimum atomic E-state index is 0.524. The van der Waals surface area contributed by atoms with Gasteiger partial charge in [-0.05, 0) is 20.8 Å². The summed E-state index contributed by atoms with van der Waals surface area (Å²) in [7, 11) is 0. The third-order valence-electron chi connectivity index (χ3n) is 1.13. The highest BCUT2D eigenvalue weighted by Gasteiger charge is 1.85. The SMILES string of the molecule is C/C=C(/C)CNC(C)=N. The quantitative estimate of drug-likeness (QED) is 0.328. The summed E-state index contributed by atoms with van der Waals surface area (Å²) in [6, 6.07) is 0. The van der Waals surface area contributed by atoms with E-state index in [9.17, 15) is 0 Å². The molecule has 2 N–H and O–H groups in total. The normalized spacial score (nSPS) is 11.2. The van der Waals surface area contributed by atoms with Crippen LogP contribution in [0.1, 0.15) is 20.8 Å². The van der Waals surface area contributed by atoms with Crippen LogP contribution in [0.2, 0.25) is 0 Å². The molecule has 0 spiro atoms. The molecule has 52 valence electrons. The number of hydrogen-bond acceptors (Lipinski definition) is 1. The van der Waals surface area contributed by atoms with Crippen LogP contribution in [0.15, 0.2) is 11.6 Å². The predicted molar refractivity (Wildman–Crippen MR) is 40.8 cm³/mol. The van der Waals surface area contributed by atoms with E-state index < -0.39 is 0 Å². The molecule has 0 amide bonds. The van der Waals surface area contributed by atoms with Gasteiger partial charge in [0.2, 0.25) is 0 Å². The van der Waals surface area contributed by atoms with Crippen molar-refractivity contribution in [1.82, 2.24) is 5.32 Å². The molecule has 0 saturated heterocycles. The highest BCUT2D eigenvalue weighted by Crippen LogP contribution is 1.86. The van der Waals surface area contributed by atoms with Crippen LogP contribution < -0.4 is 5.32 Å². The van der Waals surface area contributed by atoms with E-state index in [-0.39, 0.29) is 0 Å². The Labute approximate surface area is 56.5 Å². The van der Waals surface area contributed by atoms with Crippen LogP contribution in [0, 0.1) is 5.41 Å². The molecule has 0 aromatic rings. The molecule has 2 nitrogen and oxygen atoms in total. The lowest BCUT2D eigenvalue weighted by molar-refractivity contribution is 0.964. The Balaban J connectivity index is 3.39. The maximum Gasteiger partial charge on any atom is 0.0902 e. The molecule has 9 heavy (non-hydrogen) atoms. The van der Waals surface area contributed by atoms with Gasteiger partial charge in [-0.1, -0.05) is 11.6 Å². The highest BCUT2D eigenvalue weighted by molar-refractivity contribution is 5.76. The predicted octanol–water partition coefficient (Wildman–Crippen LogP) is 1.54. The van der Waals surface area contributed by atoms with E-state index in [4.69, 9.17) is 5.41 Å². The second-order valence-electron chi connectivity index (χ2n) is 2.11. The molecule has 0 aliphatic heterocycles. The van der Waals surface area contributed by atoms with Gasteiger partial charge in [-0.3, -0.25) is 5.41 Å². The average Bonchev–Trinajstić information content (AvgIpc) is 1.83. The summed E-state index contributed by atoms with van der Waals surface area (Å²) in [6.45, 7) is 6.57. The van der Waals surface area contributed by atoms with Gasteiger partial charge >= 0.3 is 0 Å². The van der Waals surface area contributed by atoms with E-state index in [0.717, 1.165) is 6.54 Å². The van der Waals surface area contributed by atoms with E-state index in [1.54, 1.807) is 6.92 Å². The lowest BCUT2D eigenvalue weighted by atomic mass is 10.3. The van der Waals surface area contributed by atoms with Crippen LogP contribution in [0.3, 0.4) is 0 Å². The van der Waals surface area contributed by atoms with Crippen LogP contribution in [0.4, 0.5) is 0 Å². The fourth-order valence-electron chi connectivity index (χ4n) is 0.374. The zero-order valence-electron chi connectivity index (χ0n) is 6.28. The maximum atomic E-state index is 7.02. The molecule has 0 heterocycles. The Kier molecular flexibility index (Phi) is 3.76. The number of rotatable bonds is 2. The molecule has 0 unspecified atom stereocenters. The van der Waals surface area contributed by atoms with Gasteiger partial charge in [0.15, 0.2) is 0 Å². The van der Waals surface area contributed by atoms with Crippen LogP contribution in [-0.4, -0.2) is 12.4 Å². The third kappa shape index (κ3) is 5.07. The maximum absolute atomic E-state index is 7.02. The van der Waals surface area contributed by atoms with Crippen molar-refractivity contribution in [3.05, 3.63) is 11.6 Å². The van der Waals surface area contributed by atoms with Crippen molar-refractivity contribution < 1.29 is 0 Å². The Hall–Kier alpha value is -0.790. The summed E-state index contributed by atoms with van der Waals surface area (Å²) in [4.78, 5) is 0. The monoisotopic (exact) mass is 126 g/mol. The Morgan fingerprint density at radius 2 is 2.11 bits per heavy atom. The topological polar surface area (TPSA) is 35.9 Å². The van der Waals surface area contributed by atoms with Gasteiger partial charge < -0.3 is 5.32 Å². The summed E-state index contributed by atoms with van der Waals surface area (Å²) in [5, 5.41) is 9.94. The first-order valence-corrected chi connectivity index (χ1v) is 3.07. The lowest BCUT2D eigenvalue weighted by Gasteiger charge is -2.01. The number of allylic oxidation sites excluding steroid dienone is 1. The number of hydrogen-bond donors (Lipinski definition) is 2. The van der Waals surface area contributed by atoms with Crippen molar-refractivity contribution in [3.8, 4) is 0 Å². The van der Waals surface area contributed by atoms with Gasteiger partial charge in [0.1, 0.15) is 0 Å². The fraction of sp³-hybridized carbons (Fsp3) is 0.571. The molecule has 0 aromatic carbocycles. The minimum absolute atomic E-state index is 0.524. The summed E-state index contributed by atoms with van der Waals surface area (Å²) in [5.41, 5.74) is 1.27. The first-order valence-electron chi connectivity index (χ1n) is 3.07. The van der Waals surface area contributed by atoms with Gasteiger partial charge in [-0.2, -0.15) is 0 Å². The van der Waals surface area contributed by atoms with E-state index in [1.165, 1.54) is 5.57 Å². The average molecular weight is 126 g/mol. The molecule has 0 saturated carbocycles. The van der Waals surface area contributed by atoms with E-state index in [0.29, 0.717) is 5.84 Å². The van der Waals surface area contributed by atoms with Gasteiger partial charge in [0.05, 0.1) is 5.84 Å². The summed E-state index contributed by atoms with van der Waals surface area (Å²) in [5.74, 6) is 0.524. The smallest absolute Gasteiger partial charge is 0.0902 e. The van der Waals surface area contributed by atoms with Crippen molar-refractivity contribution >= 4 is 5.84 Å². The van der Waals surface area contributed by atoms with Crippen LogP contribution in [0.5, 0.6) is 0 Å². The Morgan fingerprint density at radius 1 is 1.56 bits per heavy atom. The number of nitrogens with one attached hydrogen (secondary N) is 2. The molecule has 0 aliphatic rings. The van der Waals surface area contributed by atoms with Crippen LogP contribution >= 0.6 is 0 Å².